The minimum atomic E-state index is -0.802. The molecule has 2 unspecified atom stereocenters. The van der Waals surface area contributed by atoms with E-state index in [4.69, 9.17) is 15.6 Å². The van der Waals surface area contributed by atoms with Gasteiger partial charge in [-0.2, -0.15) is 15.1 Å². The molecule has 2 atom stereocenters. The molecule has 2 saturated heterocycles. The van der Waals surface area contributed by atoms with Crippen LogP contribution in [0.25, 0.3) is 5.69 Å². The molecule has 5 rings (SSSR count). The van der Waals surface area contributed by atoms with Gasteiger partial charge in [-0.15, -0.1) is 0 Å². The molecule has 3 aromatic rings. The van der Waals surface area contributed by atoms with Crippen molar-refractivity contribution in [1.82, 2.24) is 25.1 Å². The first-order valence-corrected chi connectivity index (χ1v) is 14.5. The zero-order valence-electron chi connectivity index (χ0n) is 24.1. The van der Waals surface area contributed by atoms with Crippen molar-refractivity contribution in [3.63, 3.8) is 0 Å². The Balaban J connectivity index is 1.34. The molecule has 1 aromatic carbocycles. The van der Waals surface area contributed by atoms with Gasteiger partial charge < -0.3 is 30.9 Å². The van der Waals surface area contributed by atoms with E-state index >= 15 is 0 Å². The number of ether oxygens (including phenoxy) is 1. The number of aryl methyl sites for hydroxylation is 2. The minimum absolute atomic E-state index is 0.00812. The van der Waals surface area contributed by atoms with Crippen LogP contribution in [-0.4, -0.2) is 67.6 Å². The highest BCUT2D eigenvalue weighted by atomic mass is 16.5. The van der Waals surface area contributed by atoms with Crippen LogP contribution in [0, 0.1) is 12.3 Å². The SMILES string of the molecule is CCC(Oc1cc(N2CCC3(CC2)CNC(C(=O)O)C3)nc(N)n1)c1ccc(CCCC(=O)O)cc1-n1ccc(C)n1. The summed E-state index contributed by atoms with van der Waals surface area (Å²) in [5.41, 5.74) is 9.85. The number of nitrogens with one attached hydrogen (secondary N) is 1. The maximum absolute atomic E-state index is 11.4. The lowest BCUT2D eigenvalue weighted by atomic mass is 9.76. The topological polar surface area (TPSA) is 169 Å². The zero-order valence-corrected chi connectivity index (χ0v) is 24.1. The second kappa shape index (κ2) is 12.4. The molecule has 0 aliphatic carbocycles. The van der Waals surface area contributed by atoms with Crippen LogP contribution >= 0.6 is 0 Å². The summed E-state index contributed by atoms with van der Waals surface area (Å²) in [4.78, 5) is 33.5. The van der Waals surface area contributed by atoms with Crippen molar-refractivity contribution in [1.29, 1.82) is 0 Å². The molecule has 0 saturated carbocycles. The standard InChI is InChI=1S/C30H39N7O5/c1-3-24(21-8-7-20(5-4-6-27(38)39)15-23(21)37-12-9-19(2)35-37)42-26-16-25(33-29(31)34-26)36-13-10-30(11-14-36)17-22(28(40)41)32-18-30/h7-9,12,15-16,22,24,32H,3-6,10-11,13-14,17-18H2,1-2H3,(H,38,39)(H,40,41)(H2,31,33,34). The molecule has 0 amide bonds. The molecule has 12 nitrogen and oxygen atoms in total. The maximum atomic E-state index is 11.4. The second-order valence-electron chi connectivity index (χ2n) is 11.4. The third-order valence-corrected chi connectivity index (χ3v) is 8.41. The van der Waals surface area contributed by atoms with Crippen LogP contribution in [0.3, 0.4) is 0 Å². The fraction of sp³-hybridized carbons (Fsp3) is 0.500. The first-order valence-electron chi connectivity index (χ1n) is 14.5. The molecular weight excluding hydrogens is 538 g/mol. The minimum Gasteiger partial charge on any atom is -0.481 e. The van der Waals surface area contributed by atoms with Crippen molar-refractivity contribution in [2.75, 3.05) is 30.3 Å². The number of nitrogen functional groups attached to an aromatic ring is 1. The number of carboxylic acids is 2. The van der Waals surface area contributed by atoms with Crippen molar-refractivity contribution in [3.05, 3.63) is 53.3 Å². The fourth-order valence-electron chi connectivity index (χ4n) is 6.06. The van der Waals surface area contributed by atoms with Gasteiger partial charge in [-0.25, -0.2) is 4.68 Å². The Kier molecular flexibility index (Phi) is 8.62. The van der Waals surface area contributed by atoms with Crippen molar-refractivity contribution in [3.8, 4) is 11.6 Å². The molecule has 5 N–H and O–H groups in total. The third kappa shape index (κ3) is 6.64. The molecule has 2 aliphatic heterocycles. The number of hydrogen-bond donors (Lipinski definition) is 4. The average Bonchev–Trinajstić information content (AvgIpc) is 3.58. The monoisotopic (exact) mass is 577 g/mol. The lowest BCUT2D eigenvalue weighted by Gasteiger charge is -2.39. The van der Waals surface area contributed by atoms with Gasteiger partial charge >= 0.3 is 11.9 Å². The van der Waals surface area contributed by atoms with Gasteiger partial charge in [0.05, 0.1) is 11.4 Å². The number of hydrogen-bond acceptors (Lipinski definition) is 9. The maximum Gasteiger partial charge on any atom is 0.320 e. The largest absolute Gasteiger partial charge is 0.481 e. The van der Waals surface area contributed by atoms with Crippen LogP contribution in [-0.2, 0) is 16.0 Å². The summed E-state index contributed by atoms with van der Waals surface area (Å²) >= 11 is 0. The molecule has 4 heterocycles. The lowest BCUT2D eigenvalue weighted by Crippen LogP contribution is -2.41. The van der Waals surface area contributed by atoms with Crippen molar-refractivity contribution < 1.29 is 24.5 Å². The van der Waals surface area contributed by atoms with Crippen molar-refractivity contribution >= 4 is 23.7 Å². The first-order chi connectivity index (χ1) is 20.1. The predicted octanol–water partition coefficient (Wildman–Crippen LogP) is 3.52. The van der Waals surface area contributed by atoms with Crippen molar-refractivity contribution in [2.45, 2.75) is 70.9 Å². The summed E-state index contributed by atoms with van der Waals surface area (Å²) < 4.78 is 8.29. The van der Waals surface area contributed by atoms with Gasteiger partial charge in [0.2, 0.25) is 11.8 Å². The van der Waals surface area contributed by atoms with Gasteiger partial charge in [-0.05, 0) is 68.6 Å². The third-order valence-electron chi connectivity index (χ3n) is 8.41. The molecule has 0 radical (unpaired) electrons. The molecule has 42 heavy (non-hydrogen) atoms. The number of aromatic nitrogens is 4. The highest BCUT2D eigenvalue weighted by Crippen LogP contribution is 2.40. The van der Waals surface area contributed by atoms with Gasteiger partial charge in [-0.1, -0.05) is 19.1 Å². The summed E-state index contributed by atoms with van der Waals surface area (Å²) in [5, 5.41) is 26.2. The smallest absolute Gasteiger partial charge is 0.320 e. The van der Waals surface area contributed by atoms with Crippen LogP contribution in [0.15, 0.2) is 36.5 Å². The highest BCUT2D eigenvalue weighted by molar-refractivity contribution is 5.74. The number of rotatable bonds is 11. The number of benzene rings is 1. The molecule has 2 aliphatic rings. The Morgan fingerprint density at radius 1 is 1.19 bits per heavy atom. The van der Waals surface area contributed by atoms with Crippen LogP contribution in [0.5, 0.6) is 5.88 Å². The molecular formula is C30H39N7O5. The van der Waals surface area contributed by atoms with E-state index < -0.39 is 18.0 Å². The van der Waals surface area contributed by atoms with Crippen LogP contribution < -0.4 is 20.7 Å². The average molecular weight is 578 g/mol. The summed E-state index contributed by atoms with van der Waals surface area (Å²) in [6, 6.07) is 9.36. The molecule has 1 spiro atoms. The number of aliphatic carboxylic acids is 2. The number of carboxylic acid groups (broad SMARTS) is 2. The van der Waals surface area contributed by atoms with E-state index in [-0.39, 0.29) is 23.9 Å². The number of carbonyl (C=O) groups is 2. The molecule has 2 aromatic heterocycles. The number of nitrogens with zero attached hydrogens (tertiary/aromatic N) is 5. The van der Waals surface area contributed by atoms with E-state index in [2.05, 4.69) is 25.3 Å². The van der Waals surface area contributed by atoms with Crippen LogP contribution in [0.4, 0.5) is 11.8 Å². The Hall–Kier alpha value is -4.19. The summed E-state index contributed by atoms with van der Waals surface area (Å²) in [5.74, 6) is -0.388. The zero-order chi connectivity index (χ0) is 29.9. The van der Waals surface area contributed by atoms with Gasteiger partial charge in [0, 0.05) is 43.9 Å². The Labute approximate surface area is 244 Å². The van der Waals surface area contributed by atoms with E-state index in [1.807, 2.05) is 55.1 Å². The normalized spacial score (nSPS) is 18.7. The molecule has 2 fully saturated rings. The summed E-state index contributed by atoms with van der Waals surface area (Å²) in [6.07, 6.45) is 5.92. The highest BCUT2D eigenvalue weighted by Gasteiger charge is 2.43. The Morgan fingerprint density at radius 2 is 1.98 bits per heavy atom. The summed E-state index contributed by atoms with van der Waals surface area (Å²) in [6.45, 7) is 6.17. The Bertz CT molecular complexity index is 1430. The van der Waals surface area contributed by atoms with Crippen LogP contribution in [0.2, 0.25) is 0 Å². The van der Waals surface area contributed by atoms with Crippen molar-refractivity contribution in [2.24, 2.45) is 5.41 Å². The lowest BCUT2D eigenvalue weighted by molar-refractivity contribution is -0.139. The quantitative estimate of drug-likeness (QED) is 0.263. The Morgan fingerprint density at radius 3 is 2.62 bits per heavy atom. The van der Waals surface area contributed by atoms with Gasteiger partial charge in [0.1, 0.15) is 18.0 Å². The van der Waals surface area contributed by atoms with Gasteiger partial charge in [0.15, 0.2) is 0 Å². The molecule has 0 bridgehead atoms. The van der Waals surface area contributed by atoms with E-state index in [1.54, 1.807) is 0 Å². The van der Waals surface area contributed by atoms with E-state index in [0.717, 1.165) is 48.4 Å². The fourth-order valence-corrected chi connectivity index (χ4v) is 6.06. The second-order valence-corrected chi connectivity index (χ2v) is 11.4. The van der Waals surface area contributed by atoms with Crippen LogP contribution in [0.1, 0.15) is 68.4 Å². The first kappa shape index (κ1) is 29.3. The summed E-state index contributed by atoms with van der Waals surface area (Å²) in [7, 11) is 0. The number of nitrogens with two attached hydrogens (primary N) is 1. The van der Waals surface area contributed by atoms with Gasteiger partial charge in [-0.3, -0.25) is 9.59 Å². The van der Waals surface area contributed by atoms with E-state index in [0.29, 0.717) is 43.9 Å². The number of piperidine rings is 1. The van der Waals surface area contributed by atoms with Gasteiger partial charge in [0.25, 0.3) is 0 Å². The molecule has 12 heteroatoms. The predicted molar refractivity (Wildman–Crippen MR) is 157 cm³/mol. The van der Waals surface area contributed by atoms with E-state index in [9.17, 15) is 14.7 Å². The van der Waals surface area contributed by atoms with E-state index in [1.165, 1.54) is 0 Å². The number of anilines is 2. The molecule has 224 valence electrons.